The molecule has 0 bridgehead atoms. The van der Waals surface area contributed by atoms with Crippen molar-refractivity contribution in [3.05, 3.63) is 52.2 Å². The van der Waals surface area contributed by atoms with Gasteiger partial charge in [0.25, 0.3) is 5.91 Å². The Bertz CT molecular complexity index is 700. The van der Waals surface area contributed by atoms with Gasteiger partial charge in [0.1, 0.15) is 5.01 Å². The van der Waals surface area contributed by atoms with Crippen LogP contribution in [-0.4, -0.2) is 10.9 Å². The number of thiazole rings is 1. The topological polar surface area (TPSA) is 55.1 Å². The molecule has 1 N–H and O–H groups in total. The minimum atomic E-state index is -0.208. The van der Waals surface area contributed by atoms with Gasteiger partial charge in [0.15, 0.2) is 5.76 Å². The SMILES string of the molecule is Cc1nc(-c2cccs2)sc1CNC(=O)c1ccco1. The van der Waals surface area contributed by atoms with E-state index in [1.54, 1.807) is 34.8 Å². The van der Waals surface area contributed by atoms with Crippen LogP contribution in [0.25, 0.3) is 9.88 Å². The average Bonchev–Trinajstić information content (AvgIpc) is 3.18. The summed E-state index contributed by atoms with van der Waals surface area (Å²) in [5.41, 5.74) is 0.957. The van der Waals surface area contributed by atoms with Crippen LogP contribution in [0.3, 0.4) is 0 Å². The third kappa shape index (κ3) is 2.66. The number of furan rings is 1. The molecule has 4 nitrogen and oxygen atoms in total. The molecule has 3 rings (SSSR count). The van der Waals surface area contributed by atoms with Crippen LogP contribution in [-0.2, 0) is 6.54 Å². The van der Waals surface area contributed by atoms with E-state index in [9.17, 15) is 4.79 Å². The Kier molecular flexibility index (Phi) is 3.66. The molecule has 0 spiro atoms. The van der Waals surface area contributed by atoms with E-state index in [0.29, 0.717) is 12.3 Å². The summed E-state index contributed by atoms with van der Waals surface area (Å²) < 4.78 is 5.06. The maximum atomic E-state index is 11.8. The molecular formula is C14H12N2O2S2. The Hall–Kier alpha value is -1.92. The zero-order chi connectivity index (χ0) is 13.9. The third-order valence-corrected chi connectivity index (χ3v) is 4.98. The van der Waals surface area contributed by atoms with Gasteiger partial charge in [0.05, 0.1) is 23.4 Å². The first-order valence-corrected chi connectivity index (χ1v) is 7.75. The fourth-order valence-electron chi connectivity index (χ4n) is 1.75. The van der Waals surface area contributed by atoms with Crippen molar-refractivity contribution in [3.8, 4) is 9.88 Å². The second-order valence-electron chi connectivity index (χ2n) is 4.16. The summed E-state index contributed by atoms with van der Waals surface area (Å²) in [6.07, 6.45) is 1.49. The highest BCUT2D eigenvalue weighted by Crippen LogP contribution is 2.30. The zero-order valence-electron chi connectivity index (χ0n) is 10.8. The zero-order valence-corrected chi connectivity index (χ0v) is 12.4. The van der Waals surface area contributed by atoms with E-state index >= 15 is 0 Å². The summed E-state index contributed by atoms with van der Waals surface area (Å²) in [5, 5.41) is 5.87. The second kappa shape index (κ2) is 5.60. The van der Waals surface area contributed by atoms with Gasteiger partial charge in [-0.25, -0.2) is 4.98 Å². The lowest BCUT2D eigenvalue weighted by atomic mass is 10.3. The summed E-state index contributed by atoms with van der Waals surface area (Å²) in [6.45, 7) is 2.43. The predicted octanol–water partition coefficient (Wildman–Crippen LogP) is 3.70. The van der Waals surface area contributed by atoms with Crippen LogP contribution < -0.4 is 5.32 Å². The maximum Gasteiger partial charge on any atom is 0.287 e. The van der Waals surface area contributed by atoms with Crippen molar-refractivity contribution in [2.45, 2.75) is 13.5 Å². The quantitative estimate of drug-likeness (QED) is 0.799. The van der Waals surface area contributed by atoms with Crippen LogP contribution in [0.5, 0.6) is 0 Å². The minimum absolute atomic E-state index is 0.208. The summed E-state index contributed by atoms with van der Waals surface area (Å²) in [7, 11) is 0. The lowest BCUT2D eigenvalue weighted by Gasteiger charge is -2.01. The number of carbonyl (C=O) groups excluding carboxylic acids is 1. The molecule has 0 fully saturated rings. The minimum Gasteiger partial charge on any atom is -0.459 e. The van der Waals surface area contributed by atoms with Crippen molar-refractivity contribution in [2.75, 3.05) is 0 Å². The molecule has 0 aliphatic carbocycles. The van der Waals surface area contributed by atoms with Crippen molar-refractivity contribution in [3.63, 3.8) is 0 Å². The smallest absolute Gasteiger partial charge is 0.287 e. The monoisotopic (exact) mass is 304 g/mol. The Balaban J connectivity index is 1.71. The van der Waals surface area contributed by atoms with Gasteiger partial charge in [0.2, 0.25) is 0 Å². The Labute approximate surface area is 124 Å². The molecule has 0 aliphatic heterocycles. The number of hydrogen-bond donors (Lipinski definition) is 1. The summed E-state index contributed by atoms with van der Waals surface area (Å²) >= 11 is 3.28. The highest BCUT2D eigenvalue weighted by molar-refractivity contribution is 7.21. The fourth-order valence-corrected chi connectivity index (χ4v) is 3.55. The molecule has 20 heavy (non-hydrogen) atoms. The lowest BCUT2D eigenvalue weighted by molar-refractivity contribution is 0.0923. The molecule has 0 atom stereocenters. The van der Waals surface area contributed by atoms with Gasteiger partial charge >= 0.3 is 0 Å². The number of aromatic nitrogens is 1. The van der Waals surface area contributed by atoms with Crippen LogP contribution in [0.1, 0.15) is 21.1 Å². The van der Waals surface area contributed by atoms with Gasteiger partial charge in [-0.3, -0.25) is 4.79 Å². The van der Waals surface area contributed by atoms with Crippen LogP contribution in [0, 0.1) is 6.92 Å². The van der Waals surface area contributed by atoms with Crippen molar-refractivity contribution in [2.24, 2.45) is 0 Å². The highest BCUT2D eigenvalue weighted by atomic mass is 32.1. The van der Waals surface area contributed by atoms with E-state index < -0.39 is 0 Å². The first-order chi connectivity index (χ1) is 9.74. The molecule has 3 aromatic rings. The summed E-state index contributed by atoms with van der Waals surface area (Å²) in [6, 6.07) is 7.40. The van der Waals surface area contributed by atoms with E-state index in [1.165, 1.54) is 6.26 Å². The number of nitrogens with zero attached hydrogens (tertiary/aromatic N) is 1. The van der Waals surface area contributed by atoms with Crippen molar-refractivity contribution in [1.82, 2.24) is 10.3 Å². The van der Waals surface area contributed by atoms with Gasteiger partial charge in [-0.15, -0.1) is 22.7 Å². The average molecular weight is 304 g/mol. The van der Waals surface area contributed by atoms with Gasteiger partial charge in [-0.2, -0.15) is 0 Å². The second-order valence-corrected chi connectivity index (χ2v) is 6.20. The first-order valence-electron chi connectivity index (χ1n) is 6.06. The van der Waals surface area contributed by atoms with E-state index in [4.69, 9.17) is 4.42 Å². The maximum absolute atomic E-state index is 11.8. The van der Waals surface area contributed by atoms with Gasteiger partial charge in [-0.05, 0) is 30.5 Å². The van der Waals surface area contributed by atoms with Crippen LogP contribution in [0.2, 0.25) is 0 Å². The van der Waals surface area contributed by atoms with Crippen molar-refractivity contribution >= 4 is 28.6 Å². The Morgan fingerprint density at radius 3 is 3.00 bits per heavy atom. The third-order valence-electron chi connectivity index (χ3n) is 2.78. The van der Waals surface area contributed by atoms with Gasteiger partial charge in [0, 0.05) is 4.88 Å². The first kappa shape index (κ1) is 13.1. The van der Waals surface area contributed by atoms with Crippen LogP contribution >= 0.6 is 22.7 Å². The van der Waals surface area contributed by atoms with Gasteiger partial charge in [-0.1, -0.05) is 6.07 Å². The number of hydrogen-bond acceptors (Lipinski definition) is 5. The molecule has 0 saturated carbocycles. The number of rotatable bonds is 4. The lowest BCUT2D eigenvalue weighted by Crippen LogP contribution is -2.22. The fraction of sp³-hybridized carbons (Fsp3) is 0.143. The van der Waals surface area contributed by atoms with E-state index in [0.717, 1.165) is 20.5 Å². The largest absolute Gasteiger partial charge is 0.459 e. The number of amides is 1. The molecule has 6 heteroatoms. The highest BCUT2D eigenvalue weighted by Gasteiger charge is 2.13. The molecular weight excluding hydrogens is 292 g/mol. The molecule has 0 saturated heterocycles. The molecule has 0 aliphatic rings. The van der Waals surface area contributed by atoms with Gasteiger partial charge < -0.3 is 9.73 Å². The molecule has 0 radical (unpaired) electrons. The standard InChI is InChI=1S/C14H12N2O2S2/c1-9-12(8-15-13(17)10-4-2-6-18-10)20-14(16-9)11-5-3-7-19-11/h2-7H,8H2,1H3,(H,15,17). The number of aryl methyl sites for hydroxylation is 1. The van der Waals surface area contributed by atoms with Crippen LogP contribution in [0.4, 0.5) is 0 Å². The number of thiophene rings is 1. The van der Waals surface area contributed by atoms with E-state index in [1.807, 2.05) is 24.4 Å². The van der Waals surface area contributed by atoms with E-state index in [-0.39, 0.29) is 5.91 Å². The molecule has 3 aromatic heterocycles. The number of nitrogens with one attached hydrogen (secondary N) is 1. The predicted molar refractivity (Wildman–Crippen MR) is 80.0 cm³/mol. The van der Waals surface area contributed by atoms with Crippen molar-refractivity contribution in [1.29, 1.82) is 0 Å². The van der Waals surface area contributed by atoms with E-state index in [2.05, 4.69) is 10.3 Å². The van der Waals surface area contributed by atoms with Crippen molar-refractivity contribution < 1.29 is 9.21 Å². The molecule has 102 valence electrons. The summed E-state index contributed by atoms with van der Waals surface area (Å²) in [5.74, 6) is 0.117. The molecule has 0 aromatic carbocycles. The normalized spacial score (nSPS) is 10.7. The molecule has 1 amide bonds. The Morgan fingerprint density at radius 2 is 2.30 bits per heavy atom. The number of carbonyl (C=O) groups is 1. The Morgan fingerprint density at radius 1 is 1.40 bits per heavy atom. The van der Waals surface area contributed by atoms with Crippen LogP contribution in [0.15, 0.2) is 40.3 Å². The summed E-state index contributed by atoms with van der Waals surface area (Å²) in [4.78, 5) is 18.6. The molecule has 3 heterocycles. The molecule has 0 unspecified atom stereocenters.